The van der Waals surface area contributed by atoms with Crippen molar-refractivity contribution in [1.29, 1.82) is 0 Å². The van der Waals surface area contributed by atoms with Crippen molar-refractivity contribution in [3.05, 3.63) is 24.3 Å². The number of ether oxygens (including phenoxy) is 1. The van der Waals surface area contributed by atoms with Crippen LogP contribution in [0.3, 0.4) is 0 Å². The number of carbonyl (C=O) groups excluding carboxylic acids is 1. The summed E-state index contributed by atoms with van der Waals surface area (Å²) in [6, 6.07) is 6.73. The van der Waals surface area contributed by atoms with Crippen LogP contribution in [0.4, 0.5) is 5.69 Å². The Morgan fingerprint density at radius 1 is 1.39 bits per heavy atom. The SMILES string of the molecule is O=C(O)COc1cccc(NC(=O)CC2CC2)c1. The van der Waals surface area contributed by atoms with Crippen LogP contribution in [0, 0.1) is 5.92 Å². The van der Waals surface area contributed by atoms with E-state index in [1.807, 2.05) is 0 Å². The molecule has 0 atom stereocenters. The molecule has 5 heteroatoms. The van der Waals surface area contributed by atoms with Gasteiger partial charge in [0.2, 0.25) is 5.91 Å². The highest BCUT2D eigenvalue weighted by Crippen LogP contribution is 2.32. The van der Waals surface area contributed by atoms with Crippen LogP contribution >= 0.6 is 0 Å². The van der Waals surface area contributed by atoms with Gasteiger partial charge < -0.3 is 15.2 Å². The van der Waals surface area contributed by atoms with E-state index in [2.05, 4.69) is 5.32 Å². The van der Waals surface area contributed by atoms with Gasteiger partial charge in [0.1, 0.15) is 5.75 Å². The van der Waals surface area contributed by atoms with Crippen LogP contribution in [0.2, 0.25) is 0 Å². The molecular formula is C13H15NO4. The predicted octanol–water partition coefficient (Wildman–Crippen LogP) is 1.89. The number of hydrogen-bond acceptors (Lipinski definition) is 3. The summed E-state index contributed by atoms with van der Waals surface area (Å²) >= 11 is 0. The first-order valence-corrected chi connectivity index (χ1v) is 5.88. The summed E-state index contributed by atoms with van der Waals surface area (Å²) < 4.78 is 5.03. The second-order valence-electron chi connectivity index (χ2n) is 4.41. The average molecular weight is 249 g/mol. The highest BCUT2D eigenvalue weighted by molar-refractivity contribution is 5.91. The number of amides is 1. The first kappa shape index (κ1) is 12.4. The molecule has 1 fully saturated rings. The highest BCUT2D eigenvalue weighted by atomic mass is 16.5. The molecule has 96 valence electrons. The van der Waals surface area contributed by atoms with Crippen LogP contribution in [0.1, 0.15) is 19.3 Å². The van der Waals surface area contributed by atoms with E-state index < -0.39 is 5.97 Å². The molecule has 2 rings (SSSR count). The third-order valence-electron chi connectivity index (χ3n) is 2.65. The Kier molecular flexibility index (Phi) is 3.82. The molecule has 1 saturated carbocycles. The van der Waals surface area contributed by atoms with Gasteiger partial charge in [-0.3, -0.25) is 4.79 Å². The standard InChI is InChI=1S/C13H15NO4/c15-12(6-9-4-5-9)14-10-2-1-3-11(7-10)18-8-13(16)17/h1-3,7,9H,4-6,8H2,(H,14,15)(H,16,17). The van der Waals surface area contributed by atoms with Crippen molar-refractivity contribution in [2.75, 3.05) is 11.9 Å². The van der Waals surface area contributed by atoms with Gasteiger partial charge in [0.25, 0.3) is 0 Å². The van der Waals surface area contributed by atoms with Crippen molar-refractivity contribution in [3.8, 4) is 5.75 Å². The van der Waals surface area contributed by atoms with Gasteiger partial charge in [-0.1, -0.05) is 6.07 Å². The van der Waals surface area contributed by atoms with Gasteiger partial charge in [0.05, 0.1) is 0 Å². The molecule has 0 aliphatic heterocycles. The molecule has 0 bridgehead atoms. The molecular weight excluding hydrogens is 234 g/mol. The molecule has 5 nitrogen and oxygen atoms in total. The molecule has 0 saturated heterocycles. The molecule has 1 aromatic rings. The van der Waals surface area contributed by atoms with Crippen molar-refractivity contribution < 1.29 is 19.4 Å². The van der Waals surface area contributed by atoms with Crippen molar-refractivity contribution in [2.45, 2.75) is 19.3 Å². The topological polar surface area (TPSA) is 75.6 Å². The Morgan fingerprint density at radius 2 is 2.17 bits per heavy atom. The number of nitrogens with one attached hydrogen (secondary N) is 1. The van der Waals surface area contributed by atoms with Crippen LogP contribution < -0.4 is 10.1 Å². The molecule has 0 unspecified atom stereocenters. The van der Waals surface area contributed by atoms with Gasteiger partial charge in [-0.05, 0) is 30.9 Å². The molecule has 1 aliphatic carbocycles. The third-order valence-corrected chi connectivity index (χ3v) is 2.65. The van der Waals surface area contributed by atoms with E-state index in [0.717, 1.165) is 12.8 Å². The fraction of sp³-hybridized carbons (Fsp3) is 0.385. The lowest BCUT2D eigenvalue weighted by Gasteiger charge is -2.07. The van der Waals surface area contributed by atoms with Gasteiger partial charge in [0, 0.05) is 18.2 Å². The van der Waals surface area contributed by atoms with Gasteiger partial charge >= 0.3 is 5.97 Å². The van der Waals surface area contributed by atoms with E-state index in [9.17, 15) is 9.59 Å². The lowest BCUT2D eigenvalue weighted by atomic mass is 10.2. The Hall–Kier alpha value is -2.04. The summed E-state index contributed by atoms with van der Waals surface area (Å²) in [5, 5.41) is 11.3. The third kappa shape index (κ3) is 4.08. The Morgan fingerprint density at radius 3 is 2.83 bits per heavy atom. The van der Waals surface area contributed by atoms with Crippen molar-refractivity contribution in [1.82, 2.24) is 0 Å². The monoisotopic (exact) mass is 249 g/mol. The van der Waals surface area contributed by atoms with Crippen LogP contribution in [-0.4, -0.2) is 23.6 Å². The average Bonchev–Trinajstić information content (AvgIpc) is 3.10. The number of carboxylic acid groups (broad SMARTS) is 1. The van der Waals surface area contributed by atoms with E-state index in [4.69, 9.17) is 9.84 Å². The second-order valence-corrected chi connectivity index (χ2v) is 4.41. The quantitative estimate of drug-likeness (QED) is 0.807. The molecule has 1 aliphatic rings. The van der Waals surface area contributed by atoms with E-state index in [1.165, 1.54) is 0 Å². The second kappa shape index (κ2) is 5.53. The zero-order chi connectivity index (χ0) is 13.0. The summed E-state index contributed by atoms with van der Waals surface area (Å²) in [7, 11) is 0. The largest absolute Gasteiger partial charge is 0.482 e. The van der Waals surface area contributed by atoms with E-state index in [1.54, 1.807) is 24.3 Å². The molecule has 18 heavy (non-hydrogen) atoms. The lowest BCUT2D eigenvalue weighted by molar-refractivity contribution is -0.139. The van der Waals surface area contributed by atoms with Gasteiger partial charge in [-0.15, -0.1) is 0 Å². The molecule has 0 aromatic heterocycles. The van der Waals surface area contributed by atoms with E-state index in [0.29, 0.717) is 23.8 Å². The molecule has 1 aromatic carbocycles. The maximum atomic E-state index is 11.6. The first-order chi connectivity index (χ1) is 8.63. The van der Waals surface area contributed by atoms with Crippen LogP contribution in [0.25, 0.3) is 0 Å². The number of aliphatic carboxylic acids is 1. The molecule has 0 heterocycles. The number of carbonyl (C=O) groups is 2. The predicted molar refractivity (Wildman–Crippen MR) is 65.5 cm³/mol. The minimum Gasteiger partial charge on any atom is -0.482 e. The summed E-state index contributed by atoms with van der Waals surface area (Å²) in [4.78, 5) is 22.0. The Labute approximate surface area is 105 Å². The van der Waals surface area contributed by atoms with Crippen molar-refractivity contribution in [3.63, 3.8) is 0 Å². The van der Waals surface area contributed by atoms with Crippen molar-refractivity contribution >= 4 is 17.6 Å². The van der Waals surface area contributed by atoms with Crippen molar-refractivity contribution in [2.24, 2.45) is 5.92 Å². The molecule has 0 spiro atoms. The van der Waals surface area contributed by atoms with Gasteiger partial charge in [-0.2, -0.15) is 0 Å². The summed E-state index contributed by atoms with van der Waals surface area (Å²) in [5.74, 6) is -0.0656. The molecule has 0 radical (unpaired) electrons. The fourth-order valence-electron chi connectivity index (χ4n) is 1.60. The zero-order valence-electron chi connectivity index (χ0n) is 9.89. The van der Waals surface area contributed by atoms with Crippen LogP contribution in [0.5, 0.6) is 5.75 Å². The minimum atomic E-state index is -1.03. The Bertz CT molecular complexity index is 454. The van der Waals surface area contributed by atoms with Crippen LogP contribution in [-0.2, 0) is 9.59 Å². The highest BCUT2D eigenvalue weighted by Gasteiger charge is 2.24. The molecule has 2 N–H and O–H groups in total. The van der Waals surface area contributed by atoms with E-state index in [-0.39, 0.29) is 12.5 Å². The van der Waals surface area contributed by atoms with Gasteiger partial charge in [0.15, 0.2) is 6.61 Å². The Balaban J connectivity index is 1.89. The van der Waals surface area contributed by atoms with E-state index >= 15 is 0 Å². The fourth-order valence-corrected chi connectivity index (χ4v) is 1.60. The van der Waals surface area contributed by atoms with Gasteiger partial charge in [-0.25, -0.2) is 4.79 Å². The number of carboxylic acids is 1. The number of rotatable bonds is 6. The number of anilines is 1. The minimum absolute atomic E-state index is 0.00659. The number of hydrogen-bond donors (Lipinski definition) is 2. The lowest BCUT2D eigenvalue weighted by Crippen LogP contribution is -2.12. The van der Waals surface area contributed by atoms with Crippen LogP contribution in [0.15, 0.2) is 24.3 Å². The number of benzene rings is 1. The molecule has 1 amide bonds. The summed E-state index contributed by atoms with van der Waals surface area (Å²) in [6.45, 7) is -0.389. The summed E-state index contributed by atoms with van der Waals surface area (Å²) in [6.07, 6.45) is 2.82. The smallest absolute Gasteiger partial charge is 0.341 e. The maximum absolute atomic E-state index is 11.6. The maximum Gasteiger partial charge on any atom is 0.341 e. The zero-order valence-corrected chi connectivity index (χ0v) is 9.89. The first-order valence-electron chi connectivity index (χ1n) is 5.88. The normalized spacial score (nSPS) is 14.0. The summed E-state index contributed by atoms with van der Waals surface area (Å²) in [5.41, 5.74) is 0.628.